The average molecular weight is 314 g/mol. The fourth-order valence-corrected chi connectivity index (χ4v) is 1.67. The van der Waals surface area contributed by atoms with Crippen LogP contribution in [0.2, 0.25) is 10.2 Å². The topological polar surface area (TPSA) is 87.3 Å². The van der Waals surface area contributed by atoms with Crippen molar-refractivity contribution in [1.29, 1.82) is 0 Å². The lowest BCUT2D eigenvalue weighted by atomic mass is 10.3. The van der Waals surface area contributed by atoms with Crippen molar-refractivity contribution in [2.24, 2.45) is 5.73 Å². The highest BCUT2D eigenvalue weighted by Gasteiger charge is 2.12. The van der Waals surface area contributed by atoms with E-state index in [9.17, 15) is 4.79 Å². The molecule has 0 saturated heterocycles. The Bertz CT molecular complexity index is 664. The van der Waals surface area contributed by atoms with Crippen molar-refractivity contribution in [1.82, 2.24) is 9.97 Å². The second-order valence-electron chi connectivity index (χ2n) is 3.61. The van der Waals surface area contributed by atoms with Gasteiger partial charge in [0, 0.05) is 6.07 Å². The second-order valence-corrected chi connectivity index (χ2v) is 4.38. The van der Waals surface area contributed by atoms with E-state index in [2.05, 4.69) is 9.97 Å². The molecule has 20 heavy (non-hydrogen) atoms. The number of ether oxygens (including phenoxy) is 2. The van der Waals surface area contributed by atoms with Crippen LogP contribution in [0, 0.1) is 0 Å². The zero-order valence-corrected chi connectivity index (χ0v) is 11.8. The van der Waals surface area contributed by atoms with E-state index in [1.807, 2.05) is 0 Å². The first-order valence-corrected chi connectivity index (χ1v) is 6.10. The molecule has 104 valence electrons. The molecule has 2 aromatic rings. The summed E-state index contributed by atoms with van der Waals surface area (Å²) in [7, 11) is 1.52. The number of hydrogen-bond acceptors (Lipinski definition) is 5. The van der Waals surface area contributed by atoms with Crippen LogP contribution in [0.5, 0.6) is 17.2 Å². The molecule has 0 bridgehead atoms. The van der Waals surface area contributed by atoms with Crippen molar-refractivity contribution in [3.8, 4) is 17.2 Å². The number of halogens is 2. The van der Waals surface area contributed by atoms with Gasteiger partial charge in [-0.05, 0) is 12.1 Å². The number of amides is 1. The average Bonchev–Trinajstić information content (AvgIpc) is 2.43. The SMILES string of the molecule is COc1ccc(Cl)c(Oc2cnc(C(N)=O)nc2Cl)c1. The van der Waals surface area contributed by atoms with Crippen molar-refractivity contribution in [3.63, 3.8) is 0 Å². The molecular weight excluding hydrogens is 305 g/mol. The lowest BCUT2D eigenvalue weighted by Gasteiger charge is -2.10. The number of aromatic nitrogens is 2. The van der Waals surface area contributed by atoms with Gasteiger partial charge in [0.05, 0.1) is 18.3 Å². The van der Waals surface area contributed by atoms with Gasteiger partial charge in [0.15, 0.2) is 10.9 Å². The third-order valence-electron chi connectivity index (χ3n) is 2.29. The molecule has 8 heteroatoms. The van der Waals surface area contributed by atoms with Gasteiger partial charge in [-0.2, -0.15) is 0 Å². The number of carbonyl (C=O) groups excluding carboxylic acids is 1. The molecule has 0 spiro atoms. The number of primary amides is 1. The fraction of sp³-hybridized carbons (Fsp3) is 0.0833. The number of benzene rings is 1. The quantitative estimate of drug-likeness (QED) is 0.877. The first-order valence-electron chi connectivity index (χ1n) is 5.35. The lowest BCUT2D eigenvalue weighted by Crippen LogP contribution is -2.15. The maximum absolute atomic E-state index is 10.9. The Morgan fingerprint density at radius 2 is 2.05 bits per heavy atom. The third kappa shape index (κ3) is 3.09. The summed E-state index contributed by atoms with van der Waals surface area (Å²) in [6, 6.07) is 4.88. The Kier molecular flexibility index (Phi) is 4.26. The normalized spacial score (nSPS) is 10.2. The van der Waals surface area contributed by atoms with Crippen LogP contribution >= 0.6 is 23.2 Å². The van der Waals surface area contributed by atoms with E-state index in [-0.39, 0.29) is 16.7 Å². The molecule has 2 N–H and O–H groups in total. The Labute approximate surface area is 124 Å². The number of carbonyl (C=O) groups is 1. The highest BCUT2D eigenvalue weighted by molar-refractivity contribution is 6.32. The molecule has 0 atom stereocenters. The maximum atomic E-state index is 10.9. The summed E-state index contributed by atoms with van der Waals surface area (Å²) >= 11 is 11.9. The van der Waals surface area contributed by atoms with Gasteiger partial charge < -0.3 is 15.2 Å². The molecule has 0 unspecified atom stereocenters. The predicted octanol–water partition coefficient (Wildman–Crippen LogP) is 2.68. The van der Waals surface area contributed by atoms with Gasteiger partial charge >= 0.3 is 0 Å². The van der Waals surface area contributed by atoms with Gasteiger partial charge in [-0.3, -0.25) is 4.79 Å². The fourth-order valence-electron chi connectivity index (χ4n) is 1.34. The lowest BCUT2D eigenvalue weighted by molar-refractivity contribution is 0.0990. The summed E-state index contributed by atoms with van der Waals surface area (Å²) in [5.74, 6) is 0.0577. The molecule has 0 aliphatic carbocycles. The molecule has 6 nitrogen and oxygen atoms in total. The summed E-state index contributed by atoms with van der Waals surface area (Å²) in [6.07, 6.45) is 1.24. The van der Waals surface area contributed by atoms with Crippen molar-refractivity contribution in [2.75, 3.05) is 7.11 Å². The monoisotopic (exact) mass is 313 g/mol. The van der Waals surface area contributed by atoms with Gasteiger partial charge in [-0.1, -0.05) is 23.2 Å². The summed E-state index contributed by atoms with van der Waals surface area (Å²) in [5.41, 5.74) is 5.05. The van der Waals surface area contributed by atoms with E-state index in [0.29, 0.717) is 16.5 Å². The van der Waals surface area contributed by atoms with E-state index in [0.717, 1.165) is 0 Å². The maximum Gasteiger partial charge on any atom is 0.286 e. The Morgan fingerprint density at radius 1 is 1.30 bits per heavy atom. The molecular formula is C12H9Cl2N3O3. The van der Waals surface area contributed by atoms with Crippen molar-refractivity contribution in [3.05, 3.63) is 40.4 Å². The van der Waals surface area contributed by atoms with E-state index in [1.54, 1.807) is 18.2 Å². The minimum absolute atomic E-state index is 0.0484. The molecule has 1 heterocycles. The highest BCUT2D eigenvalue weighted by atomic mass is 35.5. The Morgan fingerprint density at radius 3 is 2.65 bits per heavy atom. The van der Waals surface area contributed by atoms with Crippen molar-refractivity contribution < 1.29 is 14.3 Å². The zero-order chi connectivity index (χ0) is 14.7. The molecule has 1 aromatic carbocycles. The zero-order valence-electron chi connectivity index (χ0n) is 10.3. The van der Waals surface area contributed by atoms with Gasteiger partial charge in [0.1, 0.15) is 11.5 Å². The molecule has 0 saturated carbocycles. The highest BCUT2D eigenvalue weighted by Crippen LogP contribution is 2.34. The molecule has 0 radical (unpaired) electrons. The number of nitrogens with zero attached hydrogens (tertiary/aromatic N) is 2. The first-order chi connectivity index (χ1) is 9.51. The minimum atomic E-state index is -0.780. The standard InChI is InChI=1S/C12H9Cl2N3O3/c1-19-6-2-3-7(13)8(4-6)20-9-5-16-12(11(15)18)17-10(9)14/h2-5H,1H3,(H2,15,18). The largest absolute Gasteiger partial charge is 0.497 e. The number of rotatable bonds is 4. The molecule has 0 aliphatic heterocycles. The number of hydrogen-bond donors (Lipinski definition) is 1. The smallest absolute Gasteiger partial charge is 0.286 e. The van der Waals surface area contributed by atoms with E-state index in [4.69, 9.17) is 38.4 Å². The predicted molar refractivity (Wildman–Crippen MR) is 73.6 cm³/mol. The van der Waals surface area contributed by atoms with Gasteiger partial charge in [-0.25, -0.2) is 9.97 Å². The second kappa shape index (κ2) is 5.94. The van der Waals surface area contributed by atoms with Crippen LogP contribution in [0.25, 0.3) is 0 Å². The molecule has 1 amide bonds. The van der Waals surface area contributed by atoms with Crippen LogP contribution in [0.1, 0.15) is 10.6 Å². The van der Waals surface area contributed by atoms with Crippen molar-refractivity contribution in [2.45, 2.75) is 0 Å². The van der Waals surface area contributed by atoms with Gasteiger partial charge in [-0.15, -0.1) is 0 Å². The van der Waals surface area contributed by atoms with Crippen LogP contribution in [0.3, 0.4) is 0 Å². The van der Waals surface area contributed by atoms with Crippen molar-refractivity contribution >= 4 is 29.1 Å². The van der Waals surface area contributed by atoms with Crippen LogP contribution in [-0.4, -0.2) is 23.0 Å². The third-order valence-corrected chi connectivity index (χ3v) is 2.87. The summed E-state index contributed by atoms with van der Waals surface area (Å²) in [6.45, 7) is 0. The molecule has 0 fully saturated rings. The van der Waals surface area contributed by atoms with E-state index < -0.39 is 5.91 Å². The summed E-state index contributed by atoms with van der Waals surface area (Å²) in [5, 5.41) is 0.313. The number of methoxy groups -OCH3 is 1. The van der Waals surface area contributed by atoms with E-state index in [1.165, 1.54) is 13.3 Å². The number of nitrogens with two attached hydrogens (primary N) is 1. The summed E-state index contributed by atoms with van der Waals surface area (Å²) in [4.78, 5) is 18.4. The van der Waals surface area contributed by atoms with Crippen LogP contribution in [0.15, 0.2) is 24.4 Å². The molecule has 2 rings (SSSR count). The van der Waals surface area contributed by atoms with Gasteiger partial charge in [0.2, 0.25) is 5.82 Å². The van der Waals surface area contributed by atoms with E-state index >= 15 is 0 Å². The molecule has 1 aromatic heterocycles. The summed E-state index contributed by atoms with van der Waals surface area (Å²) < 4.78 is 10.6. The van der Waals surface area contributed by atoms with Crippen LogP contribution in [0.4, 0.5) is 0 Å². The minimum Gasteiger partial charge on any atom is -0.497 e. The van der Waals surface area contributed by atoms with Crippen LogP contribution in [-0.2, 0) is 0 Å². The van der Waals surface area contributed by atoms with Crippen LogP contribution < -0.4 is 15.2 Å². The molecule has 0 aliphatic rings. The Hall–Kier alpha value is -2.05. The van der Waals surface area contributed by atoms with Gasteiger partial charge in [0.25, 0.3) is 5.91 Å². The first kappa shape index (κ1) is 14.4. The Balaban J connectivity index is 2.32.